The van der Waals surface area contributed by atoms with Crippen LogP contribution in [-0.4, -0.2) is 20.1 Å². The Morgan fingerprint density at radius 2 is 1.92 bits per heavy atom. The van der Waals surface area contributed by atoms with Crippen molar-refractivity contribution in [1.29, 1.82) is 5.26 Å². The van der Waals surface area contributed by atoms with Crippen molar-refractivity contribution in [2.45, 2.75) is 12.8 Å². The molecule has 0 aliphatic carbocycles. The maximum Gasteiger partial charge on any atom is 0.224 e. The van der Waals surface area contributed by atoms with E-state index in [2.05, 4.69) is 5.32 Å². The lowest BCUT2D eigenvalue weighted by atomic mass is 10.1. The van der Waals surface area contributed by atoms with Gasteiger partial charge in [-0.25, -0.2) is 0 Å². The van der Waals surface area contributed by atoms with E-state index in [1.807, 2.05) is 24.3 Å². The Balaban J connectivity index is 1.96. The van der Waals surface area contributed by atoms with E-state index in [1.54, 1.807) is 32.4 Å². The van der Waals surface area contributed by atoms with Gasteiger partial charge in [-0.2, -0.15) is 5.26 Å². The van der Waals surface area contributed by atoms with Gasteiger partial charge < -0.3 is 14.8 Å². The number of hydrogen-bond acceptors (Lipinski definition) is 4. The molecule has 0 radical (unpaired) electrons. The summed E-state index contributed by atoms with van der Waals surface area (Å²) in [6.07, 6.45) is 0.878. The van der Waals surface area contributed by atoms with Crippen LogP contribution < -0.4 is 14.8 Å². The fourth-order valence-corrected chi connectivity index (χ4v) is 2.42. The highest BCUT2D eigenvalue weighted by molar-refractivity contribution is 6.32. The number of ether oxygens (including phenoxy) is 2. The molecule has 24 heavy (non-hydrogen) atoms. The number of carbonyl (C=O) groups is 1. The summed E-state index contributed by atoms with van der Waals surface area (Å²) in [6.45, 7) is 0. The maximum absolute atomic E-state index is 12.1. The number of nitrogens with zero attached hydrogens (tertiary/aromatic N) is 1. The summed E-state index contributed by atoms with van der Waals surface area (Å²) in [7, 11) is 3.15. The third kappa shape index (κ3) is 4.40. The zero-order chi connectivity index (χ0) is 17.5. The highest BCUT2D eigenvalue weighted by Crippen LogP contribution is 2.28. The number of aryl methyl sites for hydroxylation is 1. The van der Waals surface area contributed by atoms with Crippen molar-refractivity contribution in [3.8, 4) is 17.6 Å². The first-order valence-electron chi connectivity index (χ1n) is 7.27. The van der Waals surface area contributed by atoms with Crippen molar-refractivity contribution in [2.24, 2.45) is 0 Å². The monoisotopic (exact) mass is 344 g/mol. The van der Waals surface area contributed by atoms with E-state index in [0.717, 1.165) is 5.56 Å². The van der Waals surface area contributed by atoms with Gasteiger partial charge >= 0.3 is 0 Å². The predicted molar refractivity (Wildman–Crippen MR) is 92.7 cm³/mol. The van der Waals surface area contributed by atoms with Crippen LogP contribution in [0.15, 0.2) is 36.4 Å². The van der Waals surface area contributed by atoms with Crippen LogP contribution in [0.3, 0.4) is 0 Å². The average Bonchev–Trinajstić information content (AvgIpc) is 2.59. The van der Waals surface area contributed by atoms with Gasteiger partial charge in [0.05, 0.1) is 24.8 Å². The number of methoxy groups -OCH3 is 2. The molecular weight excluding hydrogens is 328 g/mol. The Kier molecular flexibility index (Phi) is 6.05. The van der Waals surface area contributed by atoms with Crippen LogP contribution >= 0.6 is 11.6 Å². The molecule has 0 unspecified atom stereocenters. The van der Waals surface area contributed by atoms with E-state index >= 15 is 0 Å². The number of nitriles is 1. The lowest BCUT2D eigenvalue weighted by molar-refractivity contribution is -0.116. The number of rotatable bonds is 6. The largest absolute Gasteiger partial charge is 0.493 e. The predicted octanol–water partition coefficient (Wildman–Crippen LogP) is 3.80. The topological polar surface area (TPSA) is 71.3 Å². The number of hydrogen-bond donors (Lipinski definition) is 1. The van der Waals surface area contributed by atoms with Crippen LogP contribution in [0.25, 0.3) is 0 Å². The van der Waals surface area contributed by atoms with Gasteiger partial charge in [-0.15, -0.1) is 0 Å². The number of halogens is 1. The summed E-state index contributed by atoms with van der Waals surface area (Å²) in [6, 6.07) is 12.3. The molecule has 6 heteroatoms. The molecule has 0 atom stereocenters. The molecule has 2 rings (SSSR count). The first kappa shape index (κ1) is 17.6. The van der Waals surface area contributed by atoms with Gasteiger partial charge in [0.15, 0.2) is 11.5 Å². The highest BCUT2D eigenvalue weighted by Gasteiger charge is 2.08. The van der Waals surface area contributed by atoms with Crippen molar-refractivity contribution in [2.75, 3.05) is 19.5 Å². The number of amides is 1. The minimum Gasteiger partial charge on any atom is -0.493 e. The molecule has 0 bridgehead atoms. The minimum atomic E-state index is -0.134. The van der Waals surface area contributed by atoms with Crippen LogP contribution in [0.5, 0.6) is 11.5 Å². The maximum atomic E-state index is 12.1. The number of benzene rings is 2. The Morgan fingerprint density at radius 1 is 1.17 bits per heavy atom. The lowest BCUT2D eigenvalue weighted by Crippen LogP contribution is -2.12. The Morgan fingerprint density at radius 3 is 2.54 bits per heavy atom. The zero-order valence-corrected chi connectivity index (χ0v) is 14.2. The van der Waals surface area contributed by atoms with E-state index in [1.165, 1.54) is 0 Å². The van der Waals surface area contributed by atoms with Crippen molar-refractivity contribution >= 4 is 23.2 Å². The van der Waals surface area contributed by atoms with Crippen molar-refractivity contribution in [3.05, 3.63) is 52.5 Å². The molecule has 0 spiro atoms. The molecule has 0 aliphatic rings. The fourth-order valence-electron chi connectivity index (χ4n) is 2.20. The van der Waals surface area contributed by atoms with E-state index in [4.69, 9.17) is 26.3 Å². The molecule has 5 nitrogen and oxygen atoms in total. The van der Waals surface area contributed by atoms with Crippen molar-refractivity contribution in [1.82, 2.24) is 0 Å². The highest BCUT2D eigenvalue weighted by atomic mass is 35.5. The Labute approximate surface area is 145 Å². The second-order valence-electron chi connectivity index (χ2n) is 5.04. The van der Waals surface area contributed by atoms with Crippen LogP contribution in [0.1, 0.15) is 17.5 Å². The summed E-state index contributed by atoms with van der Waals surface area (Å²) >= 11 is 5.95. The Hall–Kier alpha value is -2.71. The van der Waals surface area contributed by atoms with E-state index < -0.39 is 0 Å². The summed E-state index contributed by atoms with van der Waals surface area (Å²) in [5.74, 6) is 1.15. The smallest absolute Gasteiger partial charge is 0.224 e. The van der Waals surface area contributed by atoms with Crippen LogP contribution in [0.2, 0.25) is 5.02 Å². The SMILES string of the molecule is COc1ccc(CCC(=O)Nc2ccc(C#N)c(Cl)c2)cc1OC. The zero-order valence-electron chi connectivity index (χ0n) is 13.4. The minimum absolute atomic E-state index is 0.134. The third-order valence-electron chi connectivity index (χ3n) is 3.46. The second kappa shape index (κ2) is 8.23. The molecule has 0 aromatic heterocycles. The molecular formula is C18H17ClN2O3. The van der Waals surface area contributed by atoms with Crippen LogP contribution in [0, 0.1) is 11.3 Å². The van der Waals surface area contributed by atoms with Gasteiger partial charge in [-0.05, 0) is 42.3 Å². The number of carbonyl (C=O) groups excluding carboxylic acids is 1. The van der Waals surface area contributed by atoms with E-state index in [-0.39, 0.29) is 5.91 Å². The quantitative estimate of drug-likeness (QED) is 0.865. The molecule has 1 amide bonds. The van der Waals surface area contributed by atoms with E-state index in [0.29, 0.717) is 40.6 Å². The first-order valence-corrected chi connectivity index (χ1v) is 7.65. The second-order valence-corrected chi connectivity index (χ2v) is 5.45. The van der Waals surface area contributed by atoms with Crippen molar-refractivity contribution in [3.63, 3.8) is 0 Å². The molecule has 2 aromatic carbocycles. The third-order valence-corrected chi connectivity index (χ3v) is 3.77. The molecule has 2 aromatic rings. The summed E-state index contributed by atoms with van der Waals surface area (Å²) in [5.41, 5.74) is 1.91. The normalized spacial score (nSPS) is 9.92. The fraction of sp³-hybridized carbons (Fsp3) is 0.222. The van der Waals surface area contributed by atoms with Crippen molar-refractivity contribution < 1.29 is 14.3 Å². The first-order chi connectivity index (χ1) is 11.6. The lowest BCUT2D eigenvalue weighted by Gasteiger charge is -2.10. The molecule has 0 fully saturated rings. The van der Waals surface area contributed by atoms with E-state index in [9.17, 15) is 4.79 Å². The standard InChI is InChI=1S/C18H17ClN2O3/c1-23-16-7-3-12(9-17(16)24-2)4-8-18(22)21-14-6-5-13(11-20)15(19)10-14/h3,5-7,9-10H,4,8H2,1-2H3,(H,21,22). The Bertz CT molecular complexity index is 784. The van der Waals surface area contributed by atoms with Gasteiger partial charge in [-0.1, -0.05) is 17.7 Å². The van der Waals surface area contributed by atoms with Crippen LogP contribution in [0.4, 0.5) is 5.69 Å². The molecule has 1 N–H and O–H groups in total. The summed E-state index contributed by atoms with van der Waals surface area (Å²) < 4.78 is 10.4. The molecule has 0 heterocycles. The van der Waals surface area contributed by atoms with Gasteiger partial charge in [0.25, 0.3) is 0 Å². The molecule has 0 aliphatic heterocycles. The molecule has 0 saturated carbocycles. The van der Waals surface area contributed by atoms with Gasteiger partial charge in [0.1, 0.15) is 6.07 Å². The van der Waals surface area contributed by atoms with Gasteiger partial charge in [0, 0.05) is 12.1 Å². The van der Waals surface area contributed by atoms with Gasteiger partial charge in [0.2, 0.25) is 5.91 Å². The van der Waals surface area contributed by atoms with Gasteiger partial charge in [-0.3, -0.25) is 4.79 Å². The number of anilines is 1. The van der Waals surface area contributed by atoms with Crippen LogP contribution in [-0.2, 0) is 11.2 Å². The molecule has 0 saturated heterocycles. The summed E-state index contributed by atoms with van der Waals surface area (Å²) in [5, 5.41) is 11.9. The summed E-state index contributed by atoms with van der Waals surface area (Å²) in [4.78, 5) is 12.1. The number of nitrogens with one attached hydrogen (secondary N) is 1. The average molecular weight is 345 g/mol. The molecule has 124 valence electrons.